The first kappa shape index (κ1) is 16.2. The molecule has 26 heavy (non-hydrogen) atoms. The third-order valence-corrected chi connectivity index (χ3v) is 4.38. The Labute approximate surface area is 151 Å². The van der Waals surface area contributed by atoms with Crippen LogP contribution in [0, 0.1) is 0 Å². The van der Waals surface area contributed by atoms with Crippen LogP contribution in [0.4, 0.5) is 0 Å². The van der Waals surface area contributed by atoms with Gasteiger partial charge in [-0.3, -0.25) is 9.20 Å². The normalized spacial score (nSPS) is 11.1. The van der Waals surface area contributed by atoms with Crippen LogP contribution < -0.4 is 10.9 Å². The molecular formula is C22H19N3O. The van der Waals surface area contributed by atoms with Gasteiger partial charge in [-0.1, -0.05) is 66.7 Å². The van der Waals surface area contributed by atoms with Crippen molar-refractivity contribution in [3.05, 3.63) is 118 Å². The second-order valence-electron chi connectivity index (χ2n) is 6.15. The summed E-state index contributed by atoms with van der Waals surface area (Å²) in [5, 5.41) is 3.55. The third-order valence-electron chi connectivity index (χ3n) is 4.38. The maximum absolute atomic E-state index is 12.3. The monoisotopic (exact) mass is 341 g/mol. The highest BCUT2D eigenvalue weighted by molar-refractivity contribution is 5.38. The predicted molar refractivity (Wildman–Crippen MR) is 103 cm³/mol. The van der Waals surface area contributed by atoms with E-state index in [1.807, 2.05) is 54.6 Å². The van der Waals surface area contributed by atoms with Crippen molar-refractivity contribution >= 4 is 5.65 Å². The topological polar surface area (TPSA) is 46.4 Å². The number of pyridine rings is 1. The summed E-state index contributed by atoms with van der Waals surface area (Å²) in [6.45, 7) is 0.509. The minimum Gasteiger partial charge on any atom is -0.301 e. The molecule has 128 valence electrons. The molecule has 0 aliphatic heterocycles. The van der Waals surface area contributed by atoms with Crippen molar-refractivity contribution in [1.82, 2.24) is 14.7 Å². The number of benzene rings is 2. The summed E-state index contributed by atoms with van der Waals surface area (Å²) in [6, 6.07) is 27.8. The van der Waals surface area contributed by atoms with Crippen LogP contribution in [0.25, 0.3) is 5.65 Å². The first-order chi connectivity index (χ1) is 12.8. The van der Waals surface area contributed by atoms with E-state index in [-0.39, 0.29) is 11.6 Å². The maximum atomic E-state index is 12.3. The summed E-state index contributed by atoms with van der Waals surface area (Å²) in [7, 11) is 0. The van der Waals surface area contributed by atoms with Gasteiger partial charge in [0.1, 0.15) is 5.65 Å². The molecule has 4 rings (SSSR count). The van der Waals surface area contributed by atoms with Gasteiger partial charge < -0.3 is 5.32 Å². The minimum absolute atomic E-state index is 0.0356. The van der Waals surface area contributed by atoms with Crippen LogP contribution in [0.5, 0.6) is 0 Å². The third kappa shape index (κ3) is 3.41. The highest BCUT2D eigenvalue weighted by atomic mass is 16.1. The quantitative estimate of drug-likeness (QED) is 0.604. The number of rotatable bonds is 5. The zero-order valence-electron chi connectivity index (χ0n) is 14.2. The molecule has 0 fully saturated rings. The van der Waals surface area contributed by atoms with Crippen molar-refractivity contribution in [2.75, 3.05) is 0 Å². The number of nitrogens with one attached hydrogen (secondary N) is 1. The highest BCUT2D eigenvalue weighted by Gasteiger charge is 2.13. The number of fused-ring (bicyclic) bond motifs is 1. The maximum Gasteiger partial charge on any atom is 0.258 e. The van der Waals surface area contributed by atoms with Gasteiger partial charge in [0, 0.05) is 18.8 Å². The summed E-state index contributed by atoms with van der Waals surface area (Å²) in [4.78, 5) is 16.9. The van der Waals surface area contributed by atoms with Crippen LogP contribution >= 0.6 is 0 Å². The van der Waals surface area contributed by atoms with Crippen LogP contribution in [0.1, 0.15) is 22.9 Å². The molecule has 0 amide bonds. The molecular weight excluding hydrogens is 322 g/mol. The zero-order valence-corrected chi connectivity index (χ0v) is 14.2. The van der Waals surface area contributed by atoms with E-state index in [1.165, 1.54) is 11.1 Å². The van der Waals surface area contributed by atoms with Crippen molar-refractivity contribution in [2.45, 2.75) is 12.6 Å². The number of aromatic nitrogens is 2. The molecule has 0 aliphatic carbocycles. The van der Waals surface area contributed by atoms with Crippen LogP contribution in [-0.2, 0) is 6.54 Å². The van der Waals surface area contributed by atoms with Crippen molar-refractivity contribution in [2.24, 2.45) is 0 Å². The Morgan fingerprint density at radius 2 is 1.46 bits per heavy atom. The minimum atomic E-state index is -0.0663. The van der Waals surface area contributed by atoms with Gasteiger partial charge in [-0.15, -0.1) is 0 Å². The second-order valence-corrected chi connectivity index (χ2v) is 6.15. The molecule has 0 aliphatic rings. The number of hydrogen-bond donors (Lipinski definition) is 1. The molecule has 0 bridgehead atoms. The van der Waals surface area contributed by atoms with E-state index in [0.29, 0.717) is 12.2 Å². The van der Waals surface area contributed by atoms with E-state index in [0.717, 1.165) is 5.69 Å². The van der Waals surface area contributed by atoms with Crippen molar-refractivity contribution in [1.29, 1.82) is 0 Å². The highest BCUT2D eigenvalue weighted by Crippen LogP contribution is 2.22. The molecule has 2 aromatic heterocycles. The summed E-state index contributed by atoms with van der Waals surface area (Å²) < 4.78 is 1.55. The van der Waals surface area contributed by atoms with Crippen LogP contribution in [0.3, 0.4) is 0 Å². The van der Waals surface area contributed by atoms with E-state index < -0.39 is 0 Å². The van der Waals surface area contributed by atoms with Crippen molar-refractivity contribution < 1.29 is 0 Å². The lowest BCUT2D eigenvalue weighted by atomic mass is 9.98. The Balaban J connectivity index is 1.64. The van der Waals surface area contributed by atoms with Gasteiger partial charge in [-0.2, -0.15) is 0 Å². The Morgan fingerprint density at radius 3 is 2.12 bits per heavy atom. The molecule has 2 aromatic carbocycles. The van der Waals surface area contributed by atoms with Gasteiger partial charge in [0.05, 0.1) is 11.7 Å². The Morgan fingerprint density at radius 1 is 0.846 bits per heavy atom. The largest absolute Gasteiger partial charge is 0.301 e. The molecule has 0 saturated heterocycles. The molecule has 0 spiro atoms. The van der Waals surface area contributed by atoms with E-state index in [9.17, 15) is 4.79 Å². The lowest BCUT2D eigenvalue weighted by Crippen LogP contribution is -2.24. The Hall–Kier alpha value is -3.24. The molecule has 2 heterocycles. The fraction of sp³-hybridized carbons (Fsp3) is 0.0909. The van der Waals surface area contributed by atoms with Crippen LogP contribution in [0.2, 0.25) is 0 Å². The predicted octanol–water partition coefficient (Wildman–Crippen LogP) is 3.57. The zero-order chi connectivity index (χ0) is 17.8. The van der Waals surface area contributed by atoms with Gasteiger partial charge in [0.2, 0.25) is 0 Å². The molecule has 0 saturated carbocycles. The smallest absolute Gasteiger partial charge is 0.258 e. The second kappa shape index (κ2) is 7.33. The average Bonchev–Trinajstić information content (AvgIpc) is 2.70. The van der Waals surface area contributed by atoms with Crippen LogP contribution in [0.15, 0.2) is 95.9 Å². The summed E-state index contributed by atoms with van der Waals surface area (Å²) in [5.41, 5.74) is 3.68. The average molecular weight is 341 g/mol. The summed E-state index contributed by atoms with van der Waals surface area (Å²) >= 11 is 0. The van der Waals surface area contributed by atoms with E-state index >= 15 is 0 Å². The molecule has 0 atom stereocenters. The lowest BCUT2D eigenvalue weighted by molar-refractivity contribution is 0.596. The van der Waals surface area contributed by atoms with E-state index in [1.54, 1.807) is 16.7 Å². The molecule has 4 heteroatoms. The van der Waals surface area contributed by atoms with Gasteiger partial charge in [0.25, 0.3) is 5.56 Å². The number of nitrogens with zero attached hydrogens (tertiary/aromatic N) is 2. The van der Waals surface area contributed by atoms with E-state index in [2.05, 4.69) is 34.6 Å². The number of hydrogen-bond acceptors (Lipinski definition) is 3. The first-order valence-electron chi connectivity index (χ1n) is 8.62. The van der Waals surface area contributed by atoms with Gasteiger partial charge in [-0.25, -0.2) is 4.98 Å². The summed E-state index contributed by atoms with van der Waals surface area (Å²) in [6.07, 6.45) is 1.73. The Kier molecular flexibility index (Phi) is 4.58. The molecule has 0 unspecified atom stereocenters. The Bertz CT molecular complexity index is 1020. The standard InChI is InChI=1S/C22H19N3O/c26-21-15-19(24-20-13-7-8-14-25(20)21)16-23-22(17-9-3-1-4-10-17)18-11-5-2-6-12-18/h1-15,22-23H,16H2. The lowest BCUT2D eigenvalue weighted by Gasteiger charge is -2.20. The molecule has 0 radical (unpaired) electrons. The van der Waals surface area contributed by atoms with Crippen molar-refractivity contribution in [3.63, 3.8) is 0 Å². The molecule has 1 N–H and O–H groups in total. The van der Waals surface area contributed by atoms with Gasteiger partial charge in [0.15, 0.2) is 0 Å². The van der Waals surface area contributed by atoms with Crippen molar-refractivity contribution in [3.8, 4) is 0 Å². The van der Waals surface area contributed by atoms with E-state index in [4.69, 9.17) is 0 Å². The molecule has 4 nitrogen and oxygen atoms in total. The summed E-state index contributed by atoms with van der Waals surface area (Å²) in [5.74, 6) is 0. The fourth-order valence-corrected chi connectivity index (χ4v) is 3.12. The van der Waals surface area contributed by atoms with Crippen LogP contribution in [-0.4, -0.2) is 9.38 Å². The van der Waals surface area contributed by atoms with Gasteiger partial charge in [-0.05, 0) is 23.3 Å². The fourth-order valence-electron chi connectivity index (χ4n) is 3.12. The molecule has 4 aromatic rings. The van der Waals surface area contributed by atoms with Gasteiger partial charge >= 0.3 is 0 Å². The SMILES string of the molecule is O=c1cc(CNC(c2ccccc2)c2ccccc2)nc2ccccn12. The first-order valence-corrected chi connectivity index (χ1v) is 8.62.